The molecule has 1 atom stereocenters. The summed E-state index contributed by atoms with van der Waals surface area (Å²) >= 11 is 0. The van der Waals surface area contributed by atoms with Gasteiger partial charge >= 0.3 is 0 Å². The maximum atomic E-state index is 12.6. The third kappa shape index (κ3) is 3.39. The summed E-state index contributed by atoms with van der Waals surface area (Å²) in [5, 5.41) is 0. The molecule has 1 aliphatic carbocycles. The molecule has 3 aliphatic rings. The molecule has 2 aliphatic heterocycles. The third-order valence-electron chi connectivity index (χ3n) is 6.48. The van der Waals surface area contributed by atoms with Crippen molar-refractivity contribution >= 4 is 5.91 Å². The standard InChI is InChI=1S/C20H30N2O2/c23-19(18-7-12-24-14-18)22-11-9-20(16-22)8-4-10-21(15-20)13-17-5-2-1-3-6-17/h7,12,14,17H,1-6,8-11,13,15-16H2. The molecule has 24 heavy (non-hydrogen) atoms. The predicted molar refractivity (Wildman–Crippen MR) is 93.9 cm³/mol. The van der Waals surface area contributed by atoms with E-state index in [1.807, 2.05) is 0 Å². The van der Waals surface area contributed by atoms with Gasteiger partial charge in [0.05, 0.1) is 11.8 Å². The number of amides is 1. The van der Waals surface area contributed by atoms with E-state index in [9.17, 15) is 4.79 Å². The van der Waals surface area contributed by atoms with E-state index in [2.05, 4.69) is 9.80 Å². The smallest absolute Gasteiger partial charge is 0.257 e. The Morgan fingerprint density at radius 3 is 2.79 bits per heavy atom. The van der Waals surface area contributed by atoms with Gasteiger partial charge in [0.1, 0.15) is 6.26 Å². The van der Waals surface area contributed by atoms with Crippen molar-refractivity contribution in [2.45, 2.75) is 51.4 Å². The Morgan fingerprint density at radius 2 is 2.00 bits per heavy atom. The number of hydrogen-bond donors (Lipinski definition) is 0. The van der Waals surface area contributed by atoms with Crippen LogP contribution < -0.4 is 0 Å². The first kappa shape index (κ1) is 16.2. The number of hydrogen-bond acceptors (Lipinski definition) is 3. The van der Waals surface area contributed by atoms with Gasteiger partial charge in [-0.1, -0.05) is 19.3 Å². The molecule has 1 aromatic rings. The van der Waals surface area contributed by atoms with Gasteiger partial charge in [-0.15, -0.1) is 0 Å². The molecule has 132 valence electrons. The van der Waals surface area contributed by atoms with Crippen LogP contribution >= 0.6 is 0 Å². The Balaban J connectivity index is 1.36. The van der Waals surface area contributed by atoms with E-state index in [4.69, 9.17) is 4.42 Å². The SMILES string of the molecule is O=C(c1ccoc1)N1CCC2(CCCN(CC3CCCCC3)C2)C1. The second-order valence-corrected chi connectivity index (χ2v) is 8.33. The number of nitrogens with zero attached hydrogens (tertiary/aromatic N) is 2. The lowest BCUT2D eigenvalue weighted by molar-refractivity contribution is 0.0630. The molecule has 0 bridgehead atoms. The van der Waals surface area contributed by atoms with Gasteiger partial charge in [0.15, 0.2) is 0 Å². The van der Waals surface area contributed by atoms with Crippen LogP contribution in [0.1, 0.15) is 61.7 Å². The van der Waals surface area contributed by atoms with Gasteiger partial charge in [0.2, 0.25) is 0 Å². The quantitative estimate of drug-likeness (QED) is 0.846. The van der Waals surface area contributed by atoms with E-state index >= 15 is 0 Å². The van der Waals surface area contributed by atoms with Crippen LogP contribution in [0.25, 0.3) is 0 Å². The highest BCUT2D eigenvalue weighted by Crippen LogP contribution is 2.40. The minimum absolute atomic E-state index is 0.144. The fourth-order valence-electron chi connectivity index (χ4n) is 5.21. The van der Waals surface area contributed by atoms with Crippen LogP contribution in [-0.4, -0.2) is 48.4 Å². The van der Waals surface area contributed by atoms with Gasteiger partial charge in [-0.2, -0.15) is 0 Å². The van der Waals surface area contributed by atoms with Crippen LogP contribution in [0.4, 0.5) is 0 Å². The van der Waals surface area contributed by atoms with Crippen LogP contribution in [0, 0.1) is 11.3 Å². The first-order valence-corrected chi connectivity index (χ1v) is 9.78. The van der Waals surface area contributed by atoms with Gasteiger partial charge < -0.3 is 14.2 Å². The summed E-state index contributed by atoms with van der Waals surface area (Å²) in [7, 11) is 0. The molecular weight excluding hydrogens is 300 g/mol. The summed E-state index contributed by atoms with van der Waals surface area (Å²) in [5.41, 5.74) is 1.04. The number of likely N-dealkylation sites (tertiary alicyclic amines) is 2. The lowest BCUT2D eigenvalue weighted by atomic mass is 9.78. The Hall–Kier alpha value is -1.29. The summed E-state index contributed by atoms with van der Waals surface area (Å²) in [6.07, 6.45) is 14.0. The van der Waals surface area contributed by atoms with Gasteiger partial charge in [-0.05, 0) is 50.6 Å². The molecule has 4 rings (SSSR count). The number of rotatable bonds is 3. The van der Waals surface area contributed by atoms with Gasteiger partial charge in [-0.3, -0.25) is 4.79 Å². The molecule has 3 fully saturated rings. The normalized spacial score (nSPS) is 29.4. The van der Waals surface area contributed by atoms with Crippen molar-refractivity contribution in [1.29, 1.82) is 0 Å². The van der Waals surface area contributed by atoms with Gasteiger partial charge in [-0.25, -0.2) is 0 Å². The van der Waals surface area contributed by atoms with E-state index in [0.717, 1.165) is 25.4 Å². The summed E-state index contributed by atoms with van der Waals surface area (Å²) in [4.78, 5) is 17.3. The molecule has 2 saturated heterocycles. The Morgan fingerprint density at radius 1 is 1.12 bits per heavy atom. The lowest BCUT2D eigenvalue weighted by Gasteiger charge is -2.42. The van der Waals surface area contributed by atoms with Crippen LogP contribution in [0.15, 0.2) is 23.0 Å². The van der Waals surface area contributed by atoms with Crippen molar-refractivity contribution in [3.63, 3.8) is 0 Å². The summed E-state index contributed by atoms with van der Waals surface area (Å²) in [5.74, 6) is 1.06. The van der Waals surface area contributed by atoms with Crippen molar-refractivity contribution in [3.05, 3.63) is 24.2 Å². The molecule has 1 saturated carbocycles. The predicted octanol–water partition coefficient (Wildman–Crippen LogP) is 3.79. The number of carbonyl (C=O) groups excluding carboxylic acids is 1. The molecule has 3 heterocycles. The maximum absolute atomic E-state index is 12.6. The zero-order chi connectivity index (χ0) is 16.4. The van der Waals surface area contributed by atoms with Crippen molar-refractivity contribution in [2.24, 2.45) is 11.3 Å². The minimum atomic E-state index is 0.144. The summed E-state index contributed by atoms with van der Waals surface area (Å²) < 4.78 is 5.08. The first-order chi connectivity index (χ1) is 11.7. The maximum Gasteiger partial charge on any atom is 0.257 e. The van der Waals surface area contributed by atoms with E-state index in [-0.39, 0.29) is 5.91 Å². The van der Waals surface area contributed by atoms with E-state index in [1.165, 1.54) is 64.6 Å². The Labute approximate surface area is 145 Å². The van der Waals surface area contributed by atoms with E-state index in [1.54, 1.807) is 18.6 Å². The topological polar surface area (TPSA) is 36.7 Å². The van der Waals surface area contributed by atoms with Crippen molar-refractivity contribution in [1.82, 2.24) is 9.80 Å². The Kier molecular flexibility index (Phi) is 4.66. The largest absolute Gasteiger partial charge is 0.472 e. The van der Waals surface area contributed by atoms with Crippen molar-refractivity contribution < 1.29 is 9.21 Å². The van der Waals surface area contributed by atoms with E-state index in [0.29, 0.717) is 11.0 Å². The highest BCUT2D eigenvalue weighted by Gasteiger charge is 2.43. The molecule has 0 aromatic carbocycles. The number of piperidine rings is 1. The van der Waals surface area contributed by atoms with Gasteiger partial charge in [0, 0.05) is 31.6 Å². The molecule has 1 amide bonds. The lowest BCUT2D eigenvalue weighted by Crippen LogP contribution is -2.47. The Bertz CT molecular complexity index is 550. The molecular formula is C20H30N2O2. The zero-order valence-electron chi connectivity index (χ0n) is 14.7. The molecule has 0 N–H and O–H groups in total. The fraction of sp³-hybridized carbons (Fsp3) is 0.750. The molecule has 4 nitrogen and oxygen atoms in total. The van der Waals surface area contributed by atoms with Crippen LogP contribution in [-0.2, 0) is 0 Å². The molecule has 1 spiro atoms. The first-order valence-electron chi connectivity index (χ1n) is 9.78. The van der Waals surface area contributed by atoms with E-state index < -0.39 is 0 Å². The second-order valence-electron chi connectivity index (χ2n) is 8.33. The zero-order valence-corrected chi connectivity index (χ0v) is 14.7. The van der Waals surface area contributed by atoms with Crippen LogP contribution in [0.5, 0.6) is 0 Å². The third-order valence-corrected chi connectivity index (χ3v) is 6.48. The minimum Gasteiger partial charge on any atom is -0.472 e. The molecule has 0 radical (unpaired) electrons. The molecule has 1 aromatic heterocycles. The number of furan rings is 1. The van der Waals surface area contributed by atoms with Gasteiger partial charge in [0.25, 0.3) is 5.91 Å². The fourth-order valence-corrected chi connectivity index (χ4v) is 5.21. The second kappa shape index (κ2) is 6.91. The average Bonchev–Trinajstić information content (AvgIpc) is 3.26. The summed E-state index contributed by atoms with van der Waals surface area (Å²) in [6.45, 7) is 5.57. The summed E-state index contributed by atoms with van der Waals surface area (Å²) in [6, 6.07) is 1.78. The van der Waals surface area contributed by atoms with Crippen molar-refractivity contribution in [2.75, 3.05) is 32.7 Å². The van der Waals surface area contributed by atoms with Crippen molar-refractivity contribution in [3.8, 4) is 0 Å². The highest BCUT2D eigenvalue weighted by molar-refractivity contribution is 5.94. The highest BCUT2D eigenvalue weighted by atomic mass is 16.3. The molecule has 1 unspecified atom stereocenters. The average molecular weight is 330 g/mol. The van der Waals surface area contributed by atoms with Crippen LogP contribution in [0.2, 0.25) is 0 Å². The molecule has 4 heteroatoms. The monoisotopic (exact) mass is 330 g/mol. The number of carbonyl (C=O) groups is 1. The van der Waals surface area contributed by atoms with Crippen LogP contribution in [0.3, 0.4) is 0 Å².